The van der Waals surface area contributed by atoms with Crippen molar-refractivity contribution >= 4 is 11.0 Å². The topological polar surface area (TPSA) is 77.1 Å². The summed E-state index contributed by atoms with van der Waals surface area (Å²) in [6, 6.07) is 6.20. The third kappa shape index (κ3) is 3.57. The van der Waals surface area contributed by atoms with E-state index >= 15 is 0 Å². The SMILES string of the molecule is CC1(C)CN(C2=CNNC=C2NCc2ccc3nccnc3c2)CCN1. The molecule has 4 rings (SSSR count). The molecule has 26 heavy (non-hydrogen) atoms. The summed E-state index contributed by atoms with van der Waals surface area (Å²) in [6.45, 7) is 8.14. The zero-order valence-corrected chi connectivity index (χ0v) is 15.2. The van der Waals surface area contributed by atoms with E-state index in [4.69, 9.17) is 0 Å². The quantitative estimate of drug-likeness (QED) is 0.659. The fourth-order valence-corrected chi connectivity index (χ4v) is 3.44. The second-order valence-electron chi connectivity index (χ2n) is 7.34. The van der Waals surface area contributed by atoms with E-state index in [2.05, 4.69) is 62.3 Å². The molecule has 2 aliphatic rings. The number of rotatable bonds is 4. The van der Waals surface area contributed by atoms with Gasteiger partial charge in [0.1, 0.15) is 0 Å². The summed E-state index contributed by atoms with van der Waals surface area (Å²) < 4.78 is 0. The molecule has 2 aliphatic heterocycles. The Balaban J connectivity index is 1.47. The standard InChI is InChI=1S/C19H25N7/c1-19(2)13-26(8-7-23-19)18-12-25-24-11-17(18)22-10-14-3-4-15-16(9-14)21-6-5-20-15/h3-6,9,11-12,22-25H,7-8,10,13H2,1-2H3. The van der Waals surface area contributed by atoms with E-state index in [1.807, 2.05) is 18.5 Å². The zero-order chi connectivity index (χ0) is 18.0. The molecule has 7 nitrogen and oxygen atoms in total. The van der Waals surface area contributed by atoms with Crippen molar-refractivity contribution in [3.05, 3.63) is 60.0 Å². The van der Waals surface area contributed by atoms with Gasteiger partial charge >= 0.3 is 0 Å². The predicted molar refractivity (Wildman–Crippen MR) is 102 cm³/mol. The number of hydrogen-bond acceptors (Lipinski definition) is 7. The Morgan fingerprint density at radius 3 is 2.77 bits per heavy atom. The predicted octanol–water partition coefficient (Wildman–Crippen LogP) is 1.19. The minimum absolute atomic E-state index is 0.103. The van der Waals surface area contributed by atoms with Gasteiger partial charge in [-0.15, -0.1) is 0 Å². The molecule has 0 amide bonds. The monoisotopic (exact) mass is 351 g/mol. The van der Waals surface area contributed by atoms with E-state index in [-0.39, 0.29) is 5.54 Å². The highest BCUT2D eigenvalue weighted by atomic mass is 15.4. The molecule has 0 bridgehead atoms. The van der Waals surface area contributed by atoms with Gasteiger partial charge in [0.25, 0.3) is 0 Å². The lowest BCUT2D eigenvalue weighted by Gasteiger charge is -2.42. The molecule has 1 aromatic carbocycles. The molecule has 1 saturated heterocycles. The molecular formula is C19H25N7. The van der Waals surface area contributed by atoms with Gasteiger partial charge < -0.3 is 26.4 Å². The van der Waals surface area contributed by atoms with Crippen molar-refractivity contribution < 1.29 is 0 Å². The summed E-state index contributed by atoms with van der Waals surface area (Å²) >= 11 is 0. The molecule has 0 atom stereocenters. The summed E-state index contributed by atoms with van der Waals surface area (Å²) in [6.07, 6.45) is 7.45. The Hall–Kier alpha value is -2.80. The lowest BCUT2D eigenvalue weighted by atomic mass is 10.0. The van der Waals surface area contributed by atoms with Crippen molar-refractivity contribution in [2.75, 3.05) is 19.6 Å². The van der Waals surface area contributed by atoms with Gasteiger partial charge in [0.05, 0.1) is 22.4 Å². The number of hydrogen-bond donors (Lipinski definition) is 4. The first-order valence-corrected chi connectivity index (χ1v) is 8.96. The maximum atomic E-state index is 4.39. The maximum absolute atomic E-state index is 4.39. The van der Waals surface area contributed by atoms with Gasteiger partial charge in [0, 0.05) is 56.5 Å². The van der Waals surface area contributed by atoms with E-state index in [0.29, 0.717) is 0 Å². The number of nitrogens with one attached hydrogen (secondary N) is 4. The van der Waals surface area contributed by atoms with Crippen LogP contribution in [0.3, 0.4) is 0 Å². The van der Waals surface area contributed by atoms with Gasteiger partial charge in [0.15, 0.2) is 0 Å². The lowest BCUT2D eigenvalue weighted by molar-refractivity contribution is 0.191. The molecule has 136 valence electrons. The summed E-state index contributed by atoms with van der Waals surface area (Å²) in [5, 5.41) is 7.12. The van der Waals surface area contributed by atoms with E-state index in [0.717, 1.165) is 42.9 Å². The fraction of sp³-hybridized carbons (Fsp3) is 0.368. The van der Waals surface area contributed by atoms with Crippen LogP contribution >= 0.6 is 0 Å². The summed E-state index contributed by atoms with van der Waals surface area (Å²) in [7, 11) is 0. The van der Waals surface area contributed by atoms with Crippen LogP contribution in [0, 0.1) is 0 Å². The molecular weight excluding hydrogens is 326 g/mol. The minimum Gasteiger partial charge on any atom is -0.378 e. The van der Waals surface area contributed by atoms with Crippen LogP contribution in [0.25, 0.3) is 11.0 Å². The third-order valence-corrected chi connectivity index (χ3v) is 4.71. The van der Waals surface area contributed by atoms with E-state index in [9.17, 15) is 0 Å². The Bertz CT molecular complexity index is 856. The van der Waals surface area contributed by atoms with Gasteiger partial charge in [-0.1, -0.05) is 6.07 Å². The molecule has 0 unspecified atom stereocenters. The molecule has 1 aromatic heterocycles. The first-order valence-electron chi connectivity index (χ1n) is 8.96. The van der Waals surface area contributed by atoms with Gasteiger partial charge in [-0.3, -0.25) is 9.97 Å². The van der Waals surface area contributed by atoms with E-state index in [1.54, 1.807) is 12.4 Å². The average Bonchev–Trinajstić information content (AvgIpc) is 2.65. The second kappa shape index (κ2) is 6.84. The Morgan fingerprint density at radius 2 is 1.92 bits per heavy atom. The normalized spacial score (nSPS) is 19.2. The van der Waals surface area contributed by atoms with Crippen molar-refractivity contribution in [3.63, 3.8) is 0 Å². The van der Waals surface area contributed by atoms with Crippen molar-refractivity contribution in [2.24, 2.45) is 0 Å². The van der Waals surface area contributed by atoms with Crippen molar-refractivity contribution in [2.45, 2.75) is 25.9 Å². The minimum atomic E-state index is 0.103. The number of piperazine rings is 1. The summed E-state index contributed by atoms with van der Waals surface area (Å²) in [5.74, 6) is 0. The first-order chi connectivity index (χ1) is 12.6. The Morgan fingerprint density at radius 1 is 1.12 bits per heavy atom. The molecule has 0 aliphatic carbocycles. The molecule has 4 N–H and O–H groups in total. The summed E-state index contributed by atoms with van der Waals surface area (Å²) in [4.78, 5) is 11.1. The average molecular weight is 351 g/mol. The van der Waals surface area contributed by atoms with Gasteiger partial charge in [-0.05, 0) is 31.5 Å². The molecule has 0 radical (unpaired) electrons. The van der Waals surface area contributed by atoms with Crippen LogP contribution in [0.15, 0.2) is 54.4 Å². The van der Waals surface area contributed by atoms with E-state index < -0.39 is 0 Å². The zero-order valence-electron chi connectivity index (χ0n) is 15.2. The molecule has 2 aromatic rings. The van der Waals surface area contributed by atoms with Gasteiger partial charge in [-0.25, -0.2) is 0 Å². The van der Waals surface area contributed by atoms with Crippen LogP contribution in [0.1, 0.15) is 19.4 Å². The molecule has 3 heterocycles. The third-order valence-electron chi connectivity index (χ3n) is 4.71. The van der Waals surface area contributed by atoms with Crippen molar-refractivity contribution in [1.29, 1.82) is 0 Å². The lowest BCUT2D eigenvalue weighted by Crippen LogP contribution is -2.57. The van der Waals surface area contributed by atoms with Gasteiger partial charge in [-0.2, -0.15) is 0 Å². The largest absolute Gasteiger partial charge is 0.378 e. The van der Waals surface area contributed by atoms with Crippen molar-refractivity contribution in [1.82, 2.24) is 36.4 Å². The van der Waals surface area contributed by atoms with E-state index in [1.165, 1.54) is 11.3 Å². The second-order valence-corrected chi connectivity index (χ2v) is 7.34. The van der Waals surface area contributed by atoms with Crippen molar-refractivity contribution in [3.8, 4) is 0 Å². The van der Waals surface area contributed by atoms with Crippen LogP contribution < -0.4 is 21.5 Å². The number of fused-ring (bicyclic) bond motifs is 1. The van der Waals surface area contributed by atoms with Crippen LogP contribution in [-0.2, 0) is 6.54 Å². The number of nitrogens with zero attached hydrogens (tertiary/aromatic N) is 3. The number of benzene rings is 1. The molecule has 0 spiro atoms. The smallest absolute Gasteiger partial charge is 0.0890 e. The highest BCUT2D eigenvalue weighted by Gasteiger charge is 2.28. The highest BCUT2D eigenvalue weighted by Crippen LogP contribution is 2.20. The van der Waals surface area contributed by atoms with Crippen LogP contribution in [0.2, 0.25) is 0 Å². The maximum Gasteiger partial charge on any atom is 0.0890 e. The molecule has 0 saturated carbocycles. The summed E-state index contributed by atoms with van der Waals surface area (Å²) in [5.41, 5.74) is 11.6. The molecule has 7 heteroatoms. The number of aromatic nitrogens is 2. The van der Waals surface area contributed by atoms with Crippen LogP contribution in [0.5, 0.6) is 0 Å². The number of hydrazine groups is 1. The Kier molecular flexibility index (Phi) is 4.38. The first kappa shape index (κ1) is 16.7. The van der Waals surface area contributed by atoms with Crippen LogP contribution in [-0.4, -0.2) is 40.0 Å². The van der Waals surface area contributed by atoms with Gasteiger partial charge in [0.2, 0.25) is 0 Å². The Labute approximate surface area is 153 Å². The highest BCUT2D eigenvalue weighted by molar-refractivity contribution is 5.74. The fourth-order valence-electron chi connectivity index (χ4n) is 3.44. The van der Waals surface area contributed by atoms with Crippen LogP contribution in [0.4, 0.5) is 0 Å². The molecule has 1 fully saturated rings.